The van der Waals surface area contributed by atoms with Crippen LogP contribution in [0.5, 0.6) is 0 Å². The van der Waals surface area contributed by atoms with Crippen LogP contribution in [0.2, 0.25) is 0 Å². The van der Waals surface area contributed by atoms with E-state index < -0.39 is 0 Å². The molecule has 1 aliphatic carbocycles. The maximum absolute atomic E-state index is 9.18. The molecule has 2 heteroatoms. The van der Waals surface area contributed by atoms with Crippen LogP contribution in [0.3, 0.4) is 0 Å². The average molecular weight is 182 g/mol. The van der Waals surface area contributed by atoms with Gasteiger partial charge in [0, 0.05) is 18.4 Å². The van der Waals surface area contributed by atoms with E-state index in [1.165, 1.54) is 12.8 Å². The summed E-state index contributed by atoms with van der Waals surface area (Å²) in [4.78, 5) is 0. The minimum absolute atomic E-state index is 0.0507. The Labute approximate surface area is 79.6 Å². The fourth-order valence-electron chi connectivity index (χ4n) is 2.93. The largest absolute Gasteiger partial charge is 0.396 e. The standard InChI is InChI=1S/C11H18O2/c1-2-10-9(7-12)8-13-11(10)5-3-4-6-11/h2,9-10,12H,1,3-8H2/t9-,10-/m1/s1. The molecule has 1 aliphatic heterocycles. The van der Waals surface area contributed by atoms with Crippen LogP contribution >= 0.6 is 0 Å². The molecule has 0 aromatic carbocycles. The van der Waals surface area contributed by atoms with Crippen LogP contribution in [0.25, 0.3) is 0 Å². The second-order valence-corrected chi connectivity index (χ2v) is 4.29. The van der Waals surface area contributed by atoms with Crippen molar-refractivity contribution in [1.29, 1.82) is 0 Å². The Bertz CT molecular complexity index is 194. The zero-order valence-corrected chi connectivity index (χ0v) is 8.04. The number of aliphatic hydroxyl groups excluding tert-OH is 1. The number of hydrogen-bond acceptors (Lipinski definition) is 2. The highest BCUT2D eigenvalue weighted by Crippen LogP contribution is 2.47. The summed E-state index contributed by atoms with van der Waals surface area (Å²) in [5.41, 5.74) is 0.0507. The van der Waals surface area contributed by atoms with Crippen LogP contribution in [-0.2, 0) is 4.74 Å². The molecule has 0 aromatic rings. The van der Waals surface area contributed by atoms with Crippen LogP contribution in [0, 0.1) is 11.8 Å². The lowest BCUT2D eigenvalue weighted by molar-refractivity contribution is -0.00562. The quantitative estimate of drug-likeness (QED) is 0.659. The van der Waals surface area contributed by atoms with Crippen LogP contribution in [0.15, 0.2) is 12.7 Å². The molecule has 2 rings (SSSR count). The minimum Gasteiger partial charge on any atom is -0.396 e. The molecule has 0 bridgehead atoms. The van der Waals surface area contributed by atoms with Crippen molar-refractivity contribution in [2.24, 2.45) is 11.8 Å². The molecule has 13 heavy (non-hydrogen) atoms. The highest BCUT2D eigenvalue weighted by Gasteiger charge is 2.49. The summed E-state index contributed by atoms with van der Waals surface area (Å²) in [6.07, 6.45) is 6.82. The van der Waals surface area contributed by atoms with Gasteiger partial charge in [0.1, 0.15) is 0 Å². The van der Waals surface area contributed by atoms with Gasteiger partial charge in [-0.05, 0) is 12.8 Å². The van der Waals surface area contributed by atoms with Crippen molar-refractivity contribution >= 4 is 0 Å². The Morgan fingerprint density at radius 3 is 2.69 bits per heavy atom. The molecule has 1 saturated carbocycles. The smallest absolute Gasteiger partial charge is 0.0749 e. The Morgan fingerprint density at radius 1 is 1.46 bits per heavy atom. The third kappa shape index (κ3) is 1.32. The molecule has 0 amide bonds. The summed E-state index contributed by atoms with van der Waals surface area (Å²) < 4.78 is 5.88. The van der Waals surface area contributed by atoms with E-state index in [2.05, 4.69) is 6.58 Å². The predicted octanol–water partition coefficient (Wildman–Crippen LogP) is 1.74. The lowest BCUT2D eigenvalue weighted by Crippen LogP contribution is -2.33. The SMILES string of the molecule is C=C[C@@H]1[C@H](CO)COC12CCCC2. The second kappa shape index (κ2) is 3.43. The molecule has 2 nitrogen and oxygen atoms in total. The van der Waals surface area contributed by atoms with Gasteiger partial charge in [-0.3, -0.25) is 0 Å². The molecule has 1 saturated heterocycles. The maximum Gasteiger partial charge on any atom is 0.0749 e. The molecule has 2 atom stereocenters. The van der Waals surface area contributed by atoms with Crippen molar-refractivity contribution in [3.05, 3.63) is 12.7 Å². The molecule has 74 valence electrons. The Hall–Kier alpha value is -0.340. The lowest BCUT2D eigenvalue weighted by Gasteiger charge is -2.29. The highest BCUT2D eigenvalue weighted by atomic mass is 16.5. The van der Waals surface area contributed by atoms with Crippen LogP contribution < -0.4 is 0 Å². The Balaban J connectivity index is 2.16. The summed E-state index contributed by atoms with van der Waals surface area (Å²) in [6.45, 7) is 4.82. The fraction of sp³-hybridized carbons (Fsp3) is 0.818. The van der Waals surface area contributed by atoms with Gasteiger partial charge in [-0.15, -0.1) is 6.58 Å². The molecular formula is C11H18O2. The van der Waals surface area contributed by atoms with E-state index in [9.17, 15) is 5.11 Å². The van der Waals surface area contributed by atoms with Crippen molar-refractivity contribution < 1.29 is 9.84 Å². The first kappa shape index (κ1) is 9.22. The summed E-state index contributed by atoms with van der Waals surface area (Å²) in [7, 11) is 0. The first-order valence-corrected chi connectivity index (χ1v) is 5.20. The number of ether oxygens (including phenoxy) is 1. The lowest BCUT2D eigenvalue weighted by atomic mass is 9.80. The molecule has 2 aliphatic rings. The molecule has 2 fully saturated rings. The van der Waals surface area contributed by atoms with E-state index in [4.69, 9.17) is 4.74 Å². The summed E-state index contributed by atoms with van der Waals surface area (Å²) in [5.74, 6) is 0.663. The number of hydrogen-bond donors (Lipinski definition) is 1. The maximum atomic E-state index is 9.18. The predicted molar refractivity (Wildman–Crippen MR) is 51.4 cm³/mol. The van der Waals surface area contributed by atoms with Crippen molar-refractivity contribution in [3.8, 4) is 0 Å². The molecule has 0 radical (unpaired) electrons. The zero-order chi connectivity index (χ0) is 9.31. The van der Waals surface area contributed by atoms with Crippen molar-refractivity contribution in [3.63, 3.8) is 0 Å². The first-order valence-electron chi connectivity index (χ1n) is 5.20. The molecular weight excluding hydrogens is 164 g/mol. The fourth-order valence-corrected chi connectivity index (χ4v) is 2.93. The van der Waals surface area contributed by atoms with E-state index in [0.29, 0.717) is 12.5 Å². The van der Waals surface area contributed by atoms with E-state index >= 15 is 0 Å². The topological polar surface area (TPSA) is 29.5 Å². The second-order valence-electron chi connectivity index (χ2n) is 4.29. The molecule has 1 N–H and O–H groups in total. The Kier molecular flexibility index (Phi) is 2.43. The van der Waals surface area contributed by atoms with E-state index in [0.717, 1.165) is 12.8 Å². The van der Waals surface area contributed by atoms with Gasteiger partial charge in [-0.25, -0.2) is 0 Å². The van der Waals surface area contributed by atoms with Crippen molar-refractivity contribution in [1.82, 2.24) is 0 Å². The minimum atomic E-state index is 0.0507. The van der Waals surface area contributed by atoms with Crippen molar-refractivity contribution in [2.75, 3.05) is 13.2 Å². The van der Waals surface area contributed by atoms with E-state index in [-0.39, 0.29) is 18.1 Å². The van der Waals surface area contributed by atoms with Gasteiger partial charge in [0.05, 0.1) is 12.2 Å². The van der Waals surface area contributed by atoms with Gasteiger partial charge >= 0.3 is 0 Å². The van der Waals surface area contributed by atoms with Gasteiger partial charge in [0.2, 0.25) is 0 Å². The number of aliphatic hydroxyl groups is 1. The van der Waals surface area contributed by atoms with E-state index in [1.807, 2.05) is 6.08 Å². The zero-order valence-electron chi connectivity index (χ0n) is 8.04. The first-order chi connectivity index (χ1) is 6.32. The molecule has 1 spiro atoms. The van der Waals surface area contributed by atoms with Gasteiger partial charge in [-0.2, -0.15) is 0 Å². The van der Waals surface area contributed by atoms with Gasteiger partial charge in [0.15, 0.2) is 0 Å². The van der Waals surface area contributed by atoms with Crippen LogP contribution in [0.4, 0.5) is 0 Å². The third-order valence-corrected chi connectivity index (χ3v) is 3.64. The molecule has 0 unspecified atom stereocenters. The van der Waals surface area contributed by atoms with Gasteiger partial charge in [0.25, 0.3) is 0 Å². The molecule has 1 heterocycles. The molecule has 0 aromatic heterocycles. The highest BCUT2D eigenvalue weighted by molar-refractivity contribution is 5.06. The van der Waals surface area contributed by atoms with E-state index in [1.54, 1.807) is 0 Å². The van der Waals surface area contributed by atoms with Crippen LogP contribution in [-0.4, -0.2) is 23.9 Å². The van der Waals surface area contributed by atoms with Gasteiger partial charge < -0.3 is 9.84 Å². The monoisotopic (exact) mass is 182 g/mol. The van der Waals surface area contributed by atoms with Crippen molar-refractivity contribution in [2.45, 2.75) is 31.3 Å². The summed E-state index contributed by atoms with van der Waals surface area (Å²) in [5, 5.41) is 9.18. The average Bonchev–Trinajstić information content (AvgIpc) is 2.74. The third-order valence-electron chi connectivity index (χ3n) is 3.64. The normalized spacial score (nSPS) is 37.0. The summed E-state index contributed by atoms with van der Waals surface area (Å²) in [6, 6.07) is 0. The van der Waals surface area contributed by atoms with Crippen LogP contribution in [0.1, 0.15) is 25.7 Å². The summed E-state index contributed by atoms with van der Waals surface area (Å²) >= 11 is 0. The number of rotatable bonds is 2. The Morgan fingerprint density at radius 2 is 2.15 bits per heavy atom. The van der Waals surface area contributed by atoms with Gasteiger partial charge in [-0.1, -0.05) is 18.9 Å².